The molecule has 0 radical (unpaired) electrons. The van der Waals surface area contributed by atoms with Crippen molar-refractivity contribution in [2.75, 3.05) is 13.1 Å². The van der Waals surface area contributed by atoms with Gasteiger partial charge in [0.1, 0.15) is 29.9 Å². The number of nitrogens with one attached hydrogen (secondary N) is 1. The first-order valence-electron chi connectivity index (χ1n) is 14.4. The monoisotopic (exact) mass is 609 g/mol. The van der Waals surface area contributed by atoms with Gasteiger partial charge in [-0.3, -0.25) is 19.2 Å². The molecule has 3 atom stereocenters. The average molecular weight is 610 g/mol. The van der Waals surface area contributed by atoms with Gasteiger partial charge in [0.2, 0.25) is 11.8 Å². The van der Waals surface area contributed by atoms with E-state index in [1.165, 1.54) is 30.9 Å². The number of amides is 2. The van der Waals surface area contributed by atoms with Gasteiger partial charge < -0.3 is 28.8 Å². The molecule has 2 amide bonds. The predicted molar refractivity (Wildman–Crippen MR) is 159 cm³/mol. The number of cyclic esters (lactones) is 1. The zero-order chi connectivity index (χ0) is 32.4. The maximum atomic E-state index is 13.4. The van der Waals surface area contributed by atoms with Gasteiger partial charge in [0.25, 0.3) is 5.91 Å². The molecule has 0 unspecified atom stereocenters. The number of esters is 3. The Kier molecular flexibility index (Phi) is 12.0. The first-order valence-corrected chi connectivity index (χ1v) is 14.4. The first-order chi connectivity index (χ1) is 20.8. The third-order valence-electron chi connectivity index (χ3n) is 6.65. The predicted octanol–water partition coefficient (Wildman–Crippen LogP) is 4.02. The van der Waals surface area contributed by atoms with Crippen molar-refractivity contribution in [3.8, 4) is 0 Å². The van der Waals surface area contributed by atoms with Gasteiger partial charge in [-0.25, -0.2) is 9.78 Å². The van der Waals surface area contributed by atoms with Crippen LogP contribution >= 0.6 is 0 Å². The van der Waals surface area contributed by atoms with Crippen LogP contribution in [0, 0.1) is 11.8 Å². The number of aromatic nitrogens is 1. The van der Waals surface area contributed by atoms with E-state index in [1.807, 2.05) is 20.8 Å². The van der Waals surface area contributed by atoms with Crippen LogP contribution in [0.4, 0.5) is 0 Å². The highest BCUT2D eigenvalue weighted by molar-refractivity contribution is 6.00. The molecule has 44 heavy (non-hydrogen) atoms. The van der Waals surface area contributed by atoms with Crippen molar-refractivity contribution in [1.82, 2.24) is 15.2 Å². The van der Waals surface area contributed by atoms with Crippen LogP contribution < -0.4 is 5.32 Å². The summed E-state index contributed by atoms with van der Waals surface area (Å²) in [6.45, 7) is 10.4. The van der Waals surface area contributed by atoms with Crippen molar-refractivity contribution < 1.29 is 42.6 Å². The molecule has 0 saturated carbocycles. The van der Waals surface area contributed by atoms with E-state index >= 15 is 0 Å². The van der Waals surface area contributed by atoms with Crippen LogP contribution in [0.5, 0.6) is 0 Å². The number of fused-ring (bicyclic) bond motifs is 3. The van der Waals surface area contributed by atoms with E-state index in [4.69, 9.17) is 18.6 Å². The summed E-state index contributed by atoms with van der Waals surface area (Å²) in [4.78, 5) is 68.3. The fourth-order valence-corrected chi connectivity index (χ4v) is 4.75. The topological polar surface area (TPSA) is 154 Å². The Bertz CT molecular complexity index is 1410. The Hall–Kier alpha value is -4.74. The Labute approximate surface area is 256 Å². The molecule has 236 valence electrons. The Morgan fingerprint density at radius 2 is 1.89 bits per heavy atom. The molecule has 2 aliphatic rings. The Balaban J connectivity index is 2.01. The van der Waals surface area contributed by atoms with Crippen LogP contribution in [0.25, 0.3) is 6.08 Å². The second kappa shape index (κ2) is 15.6. The molecule has 3 heterocycles. The summed E-state index contributed by atoms with van der Waals surface area (Å²) >= 11 is 0. The van der Waals surface area contributed by atoms with Crippen LogP contribution in [-0.2, 0) is 33.4 Å². The van der Waals surface area contributed by atoms with Crippen molar-refractivity contribution in [2.24, 2.45) is 11.8 Å². The molecule has 1 N–H and O–H groups in total. The minimum absolute atomic E-state index is 0.0336. The minimum Gasteiger partial charge on any atom is -0.458 e. The normalized spacial score (nSPS) is 26.2. The molecular weight excluding hydrogens is 570 g/mol. The number of nitrogens with zero attached hydrogens (tertiary/aromatic N) is 2. The van der Waals surface area contributed by atoms with E-state index in [1.54, 1.807) is 37.3 Å². The maximum Gasteiger partial charge on any atom is 0.355 e. The number of ether oxygens (including phenoxy) is 3. The standard InChI is InChI=1S/C32H39N3O9/c1-19(2)30-21(4)11-12-28(38)33-13-7-9-20(3)15-24(42-22(5)36)16-25(43-23(6)37)17-29-34-26(18-41-29)31(39)35-14-8-10-27(35)32(40)44-30/h7,9-12,15,17-19,21,24,30H,8,13-14,16H2,1-6H3,(H,33,38)/b9-7+,12-11+,20-15+,25-17+/t21-,24-,30-/m1/s1. The van der Waals surface area contributed by atoms with Crippen molar-refractivity contribution in [2.45, 2.75) is 66.6 Å². The Morgan fingerprint density at radius 3 is 2.57 bits per heavy atom. The van der Waals surface area contributed by atoms with E-state index in [9.17, 15) is 24.0 Å². The number of rotatable bonds is 3. The summed E-state index contributed by atoms with van der Waals surface area (Å²) in [5.74, 6) is -3.07. The van der Waals surface area contributed by atoms with Crippen LogP contribution in [0.3, 0.4) is 0 Å². The van der Waals surface area contributed by atoms with Gasteiger partial charge in [0.15, 0.2) is 5.69 Å². The molecule has 0 spiro atoms. The molecule has 2 aliphatic heterocycles. The average Bonchev–Trinajstić information content (AvgIpc) is 3.61. The van der Waals surface area contributed by atoms with Crippen LogP contribution in [0.1, 0.15) is 70.8 Å². The summed E-state index contributed by atoms with van der Waals surface area (Å²) in [6, 6.07) is 0. The summed E-state index contributed by atoms with van der Waals surface area (Å²) in [5.41, 5.74) is 0.736. The van der Waals surface area contributed by atoms with Crippen molar-refractivity contribution in [1.29, 1.82) is 0 Å². The van der Waals surface area contributed by atoms with Gasteiger partial charge in [-0.05, 0) is 31.4 Å². The highest BCUT2D eigenvalue weighted by Crippen LogP contribution is 2.25. The fraction of sp³-hybridized carbons (Fsp3) is 0.438. The number of carbonyl (C=O) groups is 5. The fourth-order valence-electron chi connectivity index (χ4n) is 4.75. The second-order valence-corrected chi connectivity index (χ2v) is 10.9. The number of allylic oxidation sites excluding steroid dienone is 2. The molecule has 0 aliphatic carbocycles. The molecule has 0 fully saturated rings. The third kappa shape index (κ3) is 9.92. The highest BCUT2D eigenvalue weighted by atomic mass is 16.6. The number of oxazole rings is 1. The molecule has 0 aromatic carbocycles. The lowest BCUT2D eigenvalue weighted by Crippen LogP contribution is -2.36. The van der Waals surface area contributed by atoms with E-state index in [2.05, 4.69) is 10.3 Å². The summed E-state index contributed by atoms with van der Waals surface area (Å²) in [7, 11) is 0. The smallest absolute Gasteiger partial charge is 0.355 e. The molecular formula is C32H39N3O9. The zero-order valence-corrected chi connectivity index (χ0v) is 25.8. The quantitative estimate of drug-likeness (QED) is 0.392. The maximum absolute atomic E-state index is 13.4. The highest BCUT2D eigenvalue weighted by Gasteiger charge is 2.33. The van der Waals surface area contributed by atoms with Crippen molar-refractivity contribution >= 4 is 35.8 Å². The number of carbonyl (C=O) groups excluding carboxylic acids is 5. The number of hydrogen-bond donors (Lipinski definition) is 1. The van der Waals surface area contributed by atoms with Crippen LogP contribution in [0.15, 0.2) is 64.2 Å². The van der Waals surface area contributed by atoms with Crippen LogP contribution in [0.2, 0.25) is 0 Å². The third-order valence-corrected chi connectivity index (χ3v) is 6.65. The lowest BCUT2D eigenvalue weighted by molar-refractivity contribution is -0.150. The SMILES string of the molecule is CC(=O)O/C1=C/c2nc(co2)C(=O)N2CCC=C2C(=O)O[C@H](C(C)C)[C@H](C)/C=C/C(=O)NC/C=C/C(C)=C/[C@@H](OC(C)=O)C1. The van der Waals surface area contributed by atoms with Gasteiger partial charge in [0.05, 0.1) is 0 Å². The van der Waals surface area contributed by atoms with Gasteiger partial charge in [-0.2, -0.15) is 0 Å². The molecule has 2 bridgehead atoms. The minimum atomic E-state index is -0.823. The number of hydrogen-bond acceptors (Lipinski definition) is 10. The van der Waals surface area contributed by atoms with E-state index in [0.717, 1.165) is 11.8 Å². The largest absolute Gasteiger partial charge is 0.458 e. The second-order valence-electron chi connectivity index (χ2n) is 10.9. The molecule has 3 rings (SSSR count). The van der Waals surface area contributed by atoms with Gasteiger partial charge in [-0.15, -0.1) is 0 Å². The van der Waals surface area contributed by atoms with Crippen LogP contribution in [-0.4, -0.2) is 64.9 Å². The van der Waals surface area contributed by atoms with Gasteiger partial charge >= 0.3 is 17.9 Å². The molecule has 12 nitrogen and oxygen atoms in total. The lowest BCUT2D eigenvalue weighted by Gasteiger charge is -2.27. The van der Waals surface area contributed by atoms with Crippen molar-refractivity contribution in [3.63, 3.8) is 0 Å². The van der Waals surface area contributed by atoms with Crippen molar-refractivity contribution in [3.05, 3.63) is 71.3 Å². The molecule has 0 saturated heterocycles. The first kappa shape index (κ1) is 33.8. The van der Waals surface area contributed by atoms with E-state index in [-0.39, 0.29) is 60.3 Å². The summed E-state index contributed by atoms with van der Waals surface area (Å²) in [5, 5.41) is 2.76. The summed E-state index contributed by atoms with van der Waals surface area (Å²) < 4.78 is 22.1. The zero-order valence-electron chi connectivity index (χ0n) is 25.8. The van der Waals surface area contributed by atoms with Gasteiger partial charge in [0, 0.05) is 45.4 Å². The van der Waals surface area contributed by atoms with E-state index < -0.39 is 36.0 Å². The molecule has 1 aromatic heterocycles. The van der Waals surface area contributed by atoms with E-state index in [0.29, 0.717) is 6.42 Å². The van der Waals surface area contributed by atoms with Gasteiger partial charge in [-0.1, -0.05) is 50.6 Å². The lowest BCUT2D eigenvalue weighted by atomic mass is 9.94. The Morgan fingerprint density at radius 1 is 1.14 bits per heavy atom. The molecule has 12 heteroatoms. The molecule has 1 aromatic rings. The summed E-state index contributed by atoms with van der Waals surface area (Å²) in [6.07, 6.45) is 11.3.